The average Bonchev–Trinajstić information content (AvgIpc) is 3.52. The Balaban J connectivity index is 1.23. The fourth-order valence-electron chi connectivity index (χ4n) is 3.81. The van der Waals surface area contributed by atoms with Gasteiger partial charge in [-0.3, -0.25) is 4.79 Å². The maximum absolute atomic E-state index is 12.4. The summed E-state index contributed by atoms with van der Waals surface area (Å²) in [5.74, 6) is 1.97. The maximum atomic E-state index is 12.4. The minimum atomic E-state index is -0.262. The summed E-state index contributed by atoms with van der Waals surface area (Å²) < 4.78 is 11.7. The number of carbonyl (C=O) groups is 1. The number of rotatable bonds is 6. The van der Waals surface area contributed by atoms with Crippen LogP contribution in [0.4, 0.5) is 5.69 Å². The zero-order chi connectivity index (χ0) is 25.2. The van der Waals surface area contributed by atoms with Crippen molar-refractivity contribution in [3.8, 4) is 22.8 Å². The summed E-state index contributed by atoms with van der Waals surface area (Å²) in [4.78, 5) is 17.0. The maximum Gasteiger partial charge on any atom is 0.248 e. The Morgan fingerprint density at radius 3 is 2.47 bits per heavy atom. The fourth-order valence-corrected chi connectivity index (χ4v) is 3.99. The van der Waals surface area contributed by atoms with Crippen molar-refractivity contribution in [2.45, 2.75) is 26.7 Å². The van der Waals surface area contributed by atoms with Gasteiger partial charge in [-0.2, -0.15) is 0 Å². The number of oxazole rings is 1. The first kappa shape index (κ1) is 23.6. The molecule has 2 heterocycles. The Morgan fingerprint density at radius 1 is 0.944 bits per heavy atom. The largest absolute Gasteiger partial charge is 0.457 e. The van der Waals surface area contributed by atoms with Crippen molar-refractivity contribution in [1.29, 1.82) is 0 Å². The van der Waals surface area contributed by atoms with Gasteiger partial charge in [0.05, 0.1) is 0 Å². The van der Waals surface area contributed by atoms with Gasteiger partial charge >= 0.3 is 0 Å². The molecule has 36 heavy (non-hydrogen) atoms. The second-order valence-corrected chi connectivity index (χ2v) is 9.37. The molecule has 0 bridgehead atoms. The van der Waals surface area contributed by atoms with Gasteiger partial charge in [0.15, 0.2) is 5.58 Å². The van der Waals surface area contributed by atoms with Gasteiger partial charge in [0.2, 0.25) is 11.8 Å². The average molecular weight is 497 g/mol. The Bertz CT molecular complexity index is 1580. The van der Waals surface area contributed by atoms with E-state index >= 15 is 0 Å². The Kier molecular flexibility index (Phi) is 6.49. The summed E-state index contributed by atoms with van der Waals surface area (Å²) in [6, 6.07) is 22.9. The lowest BCUT2D eigenvalue weighted by Gasteiger charge is -2.03. The van der Waals surface area contributed by atoms with Crippen molar-refractivity contribution in [3.63, 3.8) is 0 Å². The number of halogens is 1. The van der Waals surface area contributed by atoms with Gasteiger partial charge in [-0.15, -0.1) is 0 Å². The van der Waals surface area contributed by atoms with E-state index in [0.29, 0.717) is 34.0 Å². The number of hydrogen-bond donors (Lipinski definition) is 1. The molecule has 0 aliphatic carbocycles. The molecule has 5 aromatic rings. The molecule has 180 valence electrons. The number of aryl methyl sites for hydroxylation is 1. The highest BCUT2D eigenvalue weighted by atomic mass is 35.5. The molecule has 0 aliphatic heterocycles. The van der Waals surface area contributed by atoms with Gasteiger partial charge in [-0.1, -0.05) is 43.6 Å². The number of fused-ring (bicyclic) bond motifs is 1. The summed E-state index contributed by atoms with van der Waals surface area (Å²) in [5, 5.41) is 3.54. The lowest BCUT2D eigenvalue weighted by Crippen LogP contribution is -2.07. The van der Waals surface area contributed by atoms with Crippen LogP contribution < -0.4 is 5.32 Å². The van der Waals surface area contributed by atoms with Gasteiger partial charge in [-0.05, 0) is 84.6 Å². The first-order valence-corrected chi connectivity index (χ1v) is 12.1. The van der Waals surface area contributed by atoms with Crippen LogP contribution in [0.3, 0.4) is 0 Å². The second kappa shape index (κ2) is 9.88. The highest BCUT2D eigenvalue weighted by Crippen LogP contribution is 2.29. The predicted molar refractivity (Wildman–Crippen MR) is 145 cm³/mol. The van der Waals surface area contributed by atoms with Crippen LogP contribution in [0, 0.1) is 6.92 Å². The standard InChI is InChI=1S/C30H25ClN2O3/c1-18(2)21-8-13-28-26(17-21)33-30(36-28)20-6-9-23(10-7-20)32-29(34)15-12-24-11-14-27(35-24)22-5-4-19(3)25(31)16-22/h4-18H,1-3H3,(H,32,34). The summed E-state index contributed by atoms with van der Waals surface area (Å²) in [6.07, 6.45) is 3.07. The Morgan fingerprint density at radius 2 is 1.72 bits per heavy atom. The van der Waals surface area contributed by atoms with E-state index < -0.39 is 0 Å². The number of amides is 1. The number of anilines is 1. The topological polar surface area (TPSA) is 68.3 Å². The second-order valence-electron chi connectivity index (χ2n) is 8.97. The number of furan rings is 1. The molecule has 5 rings (SSSR count). The van der Waals surface area contributed by atoms with Crippen LogP contribution >= 0.6 is 11.6 Å². The summed E-state index contributed by atoms with van der Waals surface area (Å²) >= 11 is 6.21. The van der Waals surface area contributed by atoms with E-state index in [1.165, 1.54) is 11.6 Å². The van der Waals surface area contributed by atoms with E-state index in [4.69, 9.17) is 20.4 Å². The number of nitrogens with zero attached hydrogens (tertiary/aromatic N) is 1. The van der Waals surface area contributed by atoms with Crippen LogP contribution in [-0.4, -0.2) is 10.9 Å². The van der Waals surface area contributed by atoms with Gasteiger partial charge < -0.3 is 14.2 Å². The molecule has 0 aliphatic rings. The molecule has 5 nitrogen and oxygen atoms in total. The third kappa shape index (κ3) is 5.11. The molecule has 2 aromatic heterocycles. The van der Waals surface area contributed by atoms with E-state index in [1.807, 2.05) is 67.6 Å². The van der Waals surface area contributed by atoms with Gasteiger partial charge in [0, 0.05) is 27.9 Å². The first-order chi connectivity index (χ1) is 17.4. The number of benzene rings is 3. The van der Waals surface area contributed by atoms with E-state index in [-0.39, 0.29) is 5.91 Å². The zero-order valence-corrected chi connectivity index (χ0v) is 21.0. The van der Waals surface area contributed by atoms with Gasteiger partial charge in [0.25, 0.3) is 0 Å². The van der Waals surface area contributed by atoms with Crippen LogP contribution in [0.2, 0.25) is 5.02 Å². The number of carbonyl (C=O) groups excluding carboxylic acids is 1. The van der Waals surface area contributed by atoms with Crippen LogP contribution in [0.25, 0.3) is 40.0 Å². The lowest BCUT2D eigenvalue weighted by atomic mass is 10.0. The monoisotopic (exact) mass is 496 g/mol. The fraction of sp³-hybridized carbons (Fsp3) is 0.133. The van der Waals surface area contributed by atoms with E-state index in [0.717, 1.165) is 27.8 Å². The van der Waals surface area contributed by atoms with Crippen molar-refractivity contribution < 1.29 is 13.6 Å². The van der Waals surface area contributed by atoms with Crippen molar-refractivity contribution in [2.75, 3.05) is 5.32 Å². The van der Waals surface area contributed by atoms with Crippen LogP contribution in [0.15, 0.2) is 87.7 Å². The van der Waals surface area contributed by atoms with Crippen molar-refractivity contribution in [2.24, 2.45) is 0 Å². The third-order valence-electron chi connectivity index (χ3n) is 5.96. The Hall–Kier alpha value is -4.09. The molecule has 1 amide bonds. The van der Waals surface area contributed by atoms with Crippen molar-refractivity contribution >= 4 is 40.4 Å². The normalized spacial score (nSPS) is 11.6. The molecule has 1 N–H and O–H groups in total. The molecule has 3 aromatic carbocycles. The molecule has 0 saturated heterocycles. The number of aromatic nitrogens is 1. The van der Waals surface area contributed by atoms with Crippen molar-refractivity contribution in [3.05, 3.63) is 101 Å². The minimum Gasteiger partial charge on any atom is -0.457 e. The first-order valence-electron chi connectivity index (χ1n) is 11.7. The van der Waals surface area contributed by atoms with E-state index in [2.05, 4.69) is 36.3 Å². The van der Waals surface area contributed by atoms with Crippen molar-refractivity contribution in [1.82, 2.24) is 4.98 Å². The van der Waals surface area contributed by atoms with Crippen LogP contribution in [-0.2, 0) is 4.79 Å². The zero-order valence-electron chi connectivity index (χ0n) is 20.2. The predicted octanol–water partition coefficient (Wildman–Crippen LogP) is 8.49. The van der Waals surface area contributed by atoms with Gasteiger partial charge in [-0.25, -0.2) is 4.98 Å². The molecule has 0 atom stereocenters. The Labute approximate surface area is 214 Å². The molecular formula is C30H25ClN2O3. The molecule has 0 fully saturated rings. The molecule has 6 heteroatoms. The van der Waals surface area contributed by atoms with Crippen LogP contribution in [0.1, 0.15) is 36.7 Å². The summed E-state index contributed by atoms with van der Waals surface area (Å²) in [5.41, 5.74) is 6.21. The lowest BCUT2D eigenvalue weighted by molar-refractivity contribution is -0.111. The summed E-state index contributed by atoms with van der Waals surface area (Å²) in [6.45, 7) is 6.25. The molecule has 0 spiro atoms. The molecule has 0 saturated carbocycles. The number of hydrogen-bond acceptors (Lipinski definition) is 4. The third-order valence-corrected chi connectivity index (χ3v) is 6.37. The molecule has 0 radical (unpaired) electrons. The van der Waals surface area contributed by atoms with E-state index in [9.17, 15) is 4.79 Å². The SMILES string of the molecule is Cc1ccc(-c2ccc(C=CC(=O)Nc3ccc(-c4nc5cc(C(C)C)ccc5o4)cc3)o2)cc1Cl. The smallest absolute Gasteiger partial charge is 0.248 e. The number of nitrogens with one attached hydrogen (secondary N) is 1. The quantitative estimate of drug-likeness (QED) is 0.239. The highest BCUT2D eigenvalue weighted by Gasteiger charge is 2.11. The molecule has 0 unspecified atom stereocenters. The minimum absolute atomic E-state index is 0.262. The molecular weight excluding hydrogens is 472 g/mol. The van der Waals surface area contributed by atoms with Crippen LogP contribution in [0.5, 0.6) is 0 Å². The highest BCUT2D eigenvalue weighted by molar-refractivity contribution is 6.31. The van der Waals surface area contributed by atoms with Gasteiger partial charge in [0.1, 0.15) is 17.0 Å². The van der Waals surface area contributed by atoms with E-state index in [1.54, 1.807) is 6.08 Å². The summed E-state index contributed by atoms with van der Waals surface area (Å²) in [7, 11) is 0.